The number of rotatable bonds is 9. The zero-order valence-corrected chi connectivity index (χ0v) is 56.2. The molecule has 502 valence electrons. The number of hydrogen-bond acceptors (Lipinski definition) is 17. The number of hydrogen-bond donors (Lipinski definition) is 7. The van der Waals surface area contributed by atoms with Crippen LogP contribution in [0.1, 0.15) is 87.5 Å². The molecule has 7 heterocycles. The van der Waals surface area contributed by atoms with Gasteiger partial charge in [0.15, 0.2) is 0 Å². The summed E-state index contributed by atoms with van der Waals surface area (Å²) in [4.78, 5) is 52.0. The molecular formula is C76H88BrN11O8. The summed E-state index contributed by atoms with van der Waals surface area (Å²) >= 11 is 3.23. The lowest BCUT2D eigenvalue weighted by atomic mass is 9.98. The number of amides is 2. The van der Waals surface area contributed by atoms with Gasteiger partial charge in [-0.2, -0.15) is 0 Å². The van der Waals surface area contributed by atoms with Crippen LogP contribution >= 0.6 is 15.9 Å². The number of ketones is 1. The van der Waals surface area contributed by atoms with E-state index in [1.807, 2.05) is 157 Å². The molecule has 0 bridgehead atoms. The number of carbonyl (C=O) groups excluding carboxylic acids is 3. The van der Waals surface area contributed by atoms with E-state index in [2.05, 4.69) is 99.6 Å². The number of nitrogens with one attached hydrogen (secondary N) is 4. The Morgan fingerprint density at radius 3 is 1.17 bits per heavy atom. The number of nitrogens with two attached hydrogens (primary N) is 3. The monoisotopic (exact) mass is 1360 g/mol. The van der Waals surface area contributed by atoms with Gasteiger partial charge in [0.2, 0.25) is 0 Å². The second-order valence-electron chi connectivity index (χ2n) is 24.9. The number of halogens is 1. The van der Waals surface area contributed by atoms with Gasteiger partial charge in [0.1, 0.15) is 40.3 Å². The van der Waals surface area contributed by atoms with Crippen molar-refractivity contribution in [3.63, 3.8) is 0 Å². The first-order valence-electron chi connectivity index (χ1n) is 31.8. The van der Waals surface area contributed by atoms with E-state index in [0.29, 0.717) is 61.2 Å². The standard InChI is InChI=1S/C25H29N3O3.C20H21N3O2.C20H21N3O.C5H5BrN2.C5H8O2.CH4/c1-25(2,3)31-24(29)28-22-10-9-19(20-6-4-5-7-21(20)22)17-8-11-23(26-16-17)27-18-12-14-30-15-13-18;1-20(2,3)25-19(24)23-17-10-9-14(13-8-11-18(21)22-12-13)15-6-4-5-7-16(15)17;21-19-7-6-16(17-3-1-2-4-18(17)19)14-5-8-20(22-13-14)23-15-9-11-24-12-10-15;6-4-1-2-5(7)8-3-4;6-5-1-3-7-4-2-5;/h4-11,16,18H,12-15H2,1-3H3,(H,26,27)(H,28,29);4-12H,1-3H3,(H2,21,22)(H,23,24);1-8,13,15H,9-12,21H2,(H,22,23);1-3H,(H2,7,8);1-4H2;1H4. The summed E-state index contributed by atoms with van der Waals surface area (Å²) in [5.41, 5.74) is 24.5. The fourth-order valence-electron chi connectivity index (χ4n) is 10.7. The largest absolute Gasteiger partial charge is 0.444 e. The summed E-state index contributed by atoms with van der Waals surface area (Å²) in [6.45, 7) is 15.6. The van der Waals surface area contributed by atoms with E-state index < -0.39 is 23.4 Å². The lowest BCUT2D eigenvalue weighted by Gasteiger charge is -2.23. The average Bonchev–Trinajstić information content (AvgIpc) is 0.819. The van der Waals surface area contributed by atoms with Gasteiger partial charge in [-0.1, -0.05) is 98.4 Å². The Kier molecular flexibility index (Phi) is 26.0. The Morgan fingerprint density at radius 1 is 0.448 bits per heavy atom. The molecule has 19 nitrogen and oxygen atoms in total. The molecule has 96 heavy (non-hydrogen) atoms. The third-order valence-electron chi connectivity index (χ3n) is 15.3. The number of carbonyl (C=O) groups is 3. The summed E-state index contributed by atoms with van der Waals surface area (Å²) < 4.78 is 27.4. The summed E-state index contributed by atoms with van der Waals surface area (Å²) in [5, 5.41) is 18.9. The van der Waals surface area contributed by atoms with Gasteiger partial charge in [-0.15, -0.1) is 0 Å². The van der Waals surface area contributed by atoms with Crippen LogP contribution in [0.3, 0.4) is 0 Å². The Hall–Kier alpha value is -9.73. The lowest BCUT2D eigenvalue weighted by molar-refractivity contribution is -0.124. The van der Waals surface area contributed by atoms with Crippen molar-refractivity contribution in [1.82, 2.24) is 19.9 Å². The molecule has 0 spiro atoms. The van der Waals surface area contributed by atoms with Crippen LogP contribution in [0, 0.1) is 0 Å². The molecule has 3 saturated heterocycles. The van der Waals surface area contributed by atoms with Crippen molar-refractivity contribution in [2.75, 3.05) is 78.1 Å². The minimum atomic E-state index is -0.550. The predicted octanol–water partition coefficient (Wildman–Crippen LogP) is 17.2. The molecule has 3 aliphatic heterocycles. The van der Waals surface area contributed by atoms with E-state index in [4.69, 9.17) is 40.9 Å². The molecule has 0 aliphatic carbocycles. The van der Waals surface area contributed by atoms with Gasteiger partial charge in [0.25, 0.3) is 0 Å². The number of fused-ring (bicyclic) bond motifs is 3. The maximum atomic E-state index is 12.3. The molecule has 3 aliphatic rings. The van der Waals surface area contributed by atoms with Crippen molar-refractivity contribution < 1.29 is 38.1 Å². The van der Waals surface area contributed by atoms with Gasteiger partial charge in [-0.25, -0.2) is 29.5 Å². The molecule has 4 aromatic heterocycles. The fourth-order valence-corrected chi connectivity index (χ4v) is 10.9. The van der Waals surface area contributed by atoms with Crippen molar-refractivity contribution in [2.45, 2.75) is 111 Å². The number of nitrogens with zero attached hydrogens (tertiary/aromatic N) is 4. The van der Waals surface area contributed by atoms with Gasteiger partial charge in [-0.3, -0.25) is 15.4 Å². The normalized spacial score (nSPS) is 14.1. The number of Topliss-reactive ketones (excluding diaryl/α,β-unsaturated/α-hetero) is 1. The maximum absolute atomic E-state index is 12.3. The topological polar surface area (TPSA) is 275 Å². The van der Waals surface area contributed by atoms with Gasteiger partial charge in [-0.05, 0) is 183 Å². The first kappa shape index (κ1) is 72.1. The van der Waals surface area contributed by atoms with Crippen molar-refractivity contribution in [2.24, 2.45) is 0 Å². The third kappa shape index (κ3) is 21.7. The molecule has 13 rings (SSSR count). The highest BCUT2D eigenvalue weighted by Gasteiger charge is 2.21. The molecule has 0 saturated carbocycles. The Balaban J connectivity index is 0.000000166. The van der Waals surface area contributed by atoms with E-state index in [1.165, 1.54) is 0 Å². The van der Waals surface area contributed by atoms with Crippen LogP contribution < -0.4 is 38.5 Å². The lowest BCUT2D eigenvalue weighted by Crippen LogP contribution is -2.28. The van der Waals surface area contributed by atoms with Crippen LogP contribution in [0.25, 0.3) is 65.7 Å². The zero-order chi connectivity index (χ0) is 67.3. The first-order valence-corrected chi connectivity index (χ1v) is 32.6. The number of pyridine rings is 4. The van der Waals surface area contributed by atoms with E-state index >= 15 is 0 Å². The van der Waals surface area contributed by atoms with E-state index in [-0.39, 0.29) is 7.43 Å². The highest BCUT2D eigenvalue weighted by molar-refractivity contribution is 9.10. The molecular weight excluding hydrogens is 1270 g/mol. The van der Waals surface area contributed by atoms with Crippen molar-refractivity contribution in [3.05, 3.63) is 187 Å². The minimum absolute atomic E-state index is 0. The summed E-state index contributed by atoms with van der Waals surface area (Å²) in [6.07, 6.45) is 11.6. The summed E-state index contributed by atoms with van der Waals surface area (Å²) in [7, 11) is 0. The van der Waals surface area contributed by atoms with Crippen LogP contribution in [0.5, 0.6) is 0 Å². The number of aromatic nitrogens is 4. The van der Waals surface area contributed by atoms with Gasteiger partial charge in [0.05, 0.1) is 24.6 Å². The molecule has 0 atom stereocenters. The van der Waals surface area contributed by atoms with Crippen LogP contribution in [-0.4, -0.2) is 101 Å². The molecule has 6 aromatic carbocycles. The van der Waals surface area contributed by atoms with Crippen LogP contribution in [-0.2, 0) is 28.5 Å². The molecule has 3 fully saturated rings. The zero-order valence-electron chi connectivity index (χ0n) is 54.6. The highest BCUT2D eigenvalue weighted by atomic mass is 79.9. The van der Waals surface area contributed by atoms with Crippen molar-refractivity contribution in [1.29, 1.82) is 0 Å². The Bertz CT molecular complexity index is 4130. The molecule has 10 aromatic rings. The average molecular weight is 1360 g/mol. The number of ether oxygens (including phenoxy) is 5. The van der Waals surface area contributed by atoms with E-state index in [1.54, 1.807) is 24.5 Å². The van der Waals surface area contributed by atoms with E-state index in [9.17, 15) is 14.4 Å². The second kappa shape index (κ2) is 34.6. The molecule has 20 heteroatoms. The predicted molar refractivity (Wildman–Crippen MR) is 393 cm³/mol. The molecule has 2 amide bonds. The Labute approximate surface area is 570 Å². The third-order valence-corrected chi connectivity index (χ3v) is 15.7. The van der Waals surface area contributed by atoms with Crippen LogP contribution in [0.4, 0.5) is 49.9 Å². The molecule has 0 radical (unpaired) electrons. The molecule has 0 unspecified atom stereocenters. The Morgan fingerprint density at radius 2 is 0.812 bits per heavy atom. The maximum Gasteiger partial charge on any atom is 0.412 e. The number of benzene rings is 6. The van der Waals surface area contributed by atoms with Crippen molar-refractivity contribution >= 4 is 107 Å². The van der Waals surface area contributed by atoms with Crippen LogP contribution in [0.15, 0.2) is 187 Å². The fraction of sp³-hybridized carbons (Fsp3) is 0.303. The van der Waals surface area contributed by atoms with Gasteiger partial charge >= 0.3 is 12.2 Å². The number of anilines is 7. The SMILES string of the molecule is C.CC(C)(C)OC(=O)Nc1ccc(-c2ccc(N)nc2)c2ccccc12.CC(C)(C)OC(=O)Nc1ccc(-c2ccc(NC3CCOCC3)nc2)c2ccccc12.Nc1ccc(-c2ccc(NC3CCOCC3)nc2)c2ccccc12.Nc1ccc(Br)cn1.O=C1CCOCC1. The van der Waals surface area contributed by atoms with Crippen LogP contribution in [0.2, 0.25) is 0 Å². The second-order valence-corrected chi connectivity index (χ2v) is 25.8. The van der Waals surface area contributed by atoms with E-state index in [0.717, 1.165) is 145 Å². The van der Waals surface area contributed by atoms with Gasteiger partial charge in [0, 0.05) is 119 Å². The highest BCUT2D eigenvalue weighted by Crippen LogP contribution is 2.37. The van der Waals surface area contributed by atoms with Crippen molar-refractivity contribution in [3.8, 4) is 33.4 Å². The quantitative estimate of drug-likeness (QED) is 0.0662. The smallest absolute Gasteiger partial charge is 0.412 e. The summed E-state index contributed by atoms with van der Waals surface area (Å²) in [6, 6.07) is 52.3. The first-order chi connectivity index (χ1) is 45.7. The number of nitrogen functional groups attached to an aromatic ring is 3. The molecule has 10 N–H and O–H groups in total. The van der Waals surface area contributed by atoms with Gasteiger partial charge < -0.3 is 51.5 Å². The minimum Gasteiger partial charge on any atom is -0.444 e. The summed E-state index contributed by atoms with van der Waals surface area (Å²) in [5.74, 6) is 3.17.